The second-order valence-electron chi connectivity index (χ2n) is 17.5. The predicted molar refractivity (Wildman–Crippen MR) is 252 cm³/mol. The van der Waals surface area contributed by atoms with Gasteiger partial charge in [0.2, 0.25) is 0 Å². The molecule has 0 saturated heterocycles. The van der Waals surface area contributed by atoms with Crippen LogP contribution in [0.2, 0.25) is 0 Å². The standard InChI is InChI=1S/C53H98O6/c1-4-7-10-13-16-19-22-24-26-27-29-31-34-37-40-43-46-52(55)58-49-50(48-57-51(54)45-42-39-36-33-30-21-18-15-12-9-6-3)59-53(56)47-44-41-38-35-32-28-25-23-20-17-14-11-8-5-2/h15,18,21,30,50H,4-14,16-17,19-20,22-29,31-49H2,1-3H3/b18-15-,30-21-. The van der Waals surface area contributed by atoms with Gasteiger partial charge in [0.05, 0.1) is 0 Å². The van der Waals surface area contributed by atoms with Crippen LogP contribution in [0.15, 0.2) is 24.3 Å². The van der Waals surface area contributed by atoms with Gasteiger partial charge in [-0.1, -0.05) is 244 Å². The first-order valence-electron chi connectivity index (χ1n) is 25.9. The molecule has 0 amide bonds. The third-order valence-corrected chi connectivity index (χ3v) is 11.5. The van der Waals surface area contributed by atoms with E-state index in [4.69, 9.17) is 14.2 Å². The van der Waals surface area contributed by atoms with Crippen molar-refractivity contribution < 1.29 is 28.6 Å². The van der Waals surface area contributed by atoms with Gasteiger partial charge in [-0.2, -0.15) is 0 Å². The predicted octanol–water partition coefficient (Wildman–Crippen LogP) is 16.8. The fourth-order valence-electron chi connectivity index (χ4n) is 7.54. The van der Waals surface area contributed by atoms with E-state index in [1.165, 1.54) is 167 Å². The van der Waals surface area contributed by atoms with E-state index in [0.29, 0.717) is 19.3 Å². The maximum absolute atomic E-state index is 12.8. The summed E-state index contributed by atoms with van der Waals surface area (Å²) in [6.45, 7) is 6.59. The van der Waals surface area contributed by atoms with Crippen LogP contribution < -0.4 is 0 Å². The number of carbonyl (C=O) groups is 3. The number of unbranched alkanes of at least 4 members (excludes halogenated alkanes) is 33. The number of carbonyl (C=O) groups excluding carboxylic acids is 3. The first kappa shape index (κ1) is 56.9. The summed E-state index contributed by atoms with van der Waals surface area (Å²) < 4.78 is 16.8. The Labute approximate surface area is 366 Å². The third kappa shape index (κ3) is 46.8. The topological polar surface area (TPSA) is 78.9 Å². The zero-order chi connectivity index (χ0) is 43.0. The van der Waals surface area contributed by atoms with Crippen LogP contribution >= 0.6 is 0 Å². The summed E-state index contributed by atoms with van der Waals surface area (Å²) in [4.78, 5) is 37.9. The van der Waals surface area contributed by atoms with Crippen LogP contribution in [0.5, 0.6) is 0 Å². The molecule has 0 heterocycles. The van der Waals surface area contributed by atoms with Crippen LogP contribution in [0.1, 0.15) is 278 Å². The summed E-state index contributed by atoms with van der Waals surface area (Å²) in [5, 5.41) is 0. The van der Waals surface area contributed by atoms with E-state index in [2.05, 4.69) is 45.1 Å². The van der Waals surface area contributed by atoms with Crippen molar-refractivity contribution in [2.24, 2.45) is 0 Å². The van der Waals surface area contributed by atoms with Gasteiger partial charge < -0.3 is 14.2 Å². The van der Waals surface area contributed by atoms with Gasteiger partial charge in [-0.05, 0) is 38.5 Å². The lowest BCUT2D eigenvalue weighted by molar-refractivity contribution is -0.167. The SMILES string of the molecule is CCCC/C=C\C=C/CCCCCC(=O)OCC(COC(=O)CCCCCCCCCCCCCCCCCC)OC(=O)CCCCCCCCCCCCCCCC. The van der Waals surface area contributed by atoms with E-state index >= 15 is 0 Å². The van der Waals surface area contributed by atoms with Crippen molar-refractivity contribution >= 4 is 17.9 Å². The van der Waals surface area contributed by atoms with Gasteiger partial charge in [0.1, 0.15) is 13.2 Å². The second-order valence-corrected chi connectivity index (χ2v) is 17.5. The molecule has 0 fully saturated rings. The Morgan fingerprint density at radius 2 is 0.610 bits per heavy atom. The van der Waals surface area contributed by atoms with Crippen molar-refractivity contribution in [2.45, 2.75) is 284 Å². The average Bonchev–Trinajstić information content (AvgIpc) is 3.23. The highest BCUT2D eigenvalue weighted by atomic mass is 16.6. The molecule has 6 nitrogen and oxygen atoms in total. The molecule has 0 aliphatic rings. The molecule has 0 aromatic carbocycles. The van der Waals surface area contributed by atoms with Gasteiger partial charge in [0.15, 0.2) is 6.10 Å². The Morgan fingerprint density at radius 3 is 0.949 bits per heavy atom. The lowest BCUT2D eigenvalue weighted by atomic mass is 10.0. The van der Waals surface area contributed by atoms with Crippen molar-refractivity contribution in [3.63, 3.8) is 0 Å². The van der Waals surface area contributed by atoms with Crippen LogP contribution in [-0.4, -0.2) is 37.2 Å². The lowest BCUT2D eigenvalue weighted by Crippen LogP contribution is -2.30. The monoisotopic (exact) mass is 831 g/mol. The first-order chi connectivity index (χ1) is 29.0. The summed E-state index contributed by atoms with van der Waals surface area (Å²) in [7, 11) is 0. The smallest absolute Gasteiger partial charge is 0.306 e. The van der Waals surface area contributed by atoms with Crippen molar-refractivity contribution in [2.75, 3.05) is 13.2 Å². The highest BCUT2D eigenvalue weighted by Crippen LogP contribution is 2.16. The summed E-state index contributed by atoms with van der Waals surface area (Å²) >= 11 is 0. The van der Waals surface area contributed by atoms with E-state index in [1.807, 2.05) is 0 Å². The normalized spacial score (nSPS) is 12.1. The Hall–Kier alpha value is -2.11. The number of hydrogen-bond donors (Lipinski definition) is 0. The van der Waals surface area contributed by atoms with Crippen molar-refractivity contribution in [3.8, 4) is 0 Å². The molecule has 0 spiro atoms. The Kier molecular flexibility index (Phi) is 46.8. The number of hydrogen-bond acceptors (Lipinski definition) is 6. The molecule has 6 heteroatoms. The second kappa shape index (κ2) is 48.6. The molecule has 0 aromatic heterocycles. The Bertz CT molecular complexity index is 958. The van der Waals surface area contributed by atoms with E-state index in [9.17, 15) is 14.4 Å². The molecule has 0 aliphatic heterocycles. The quantitative estimate of drug-likeness (QED) is 0.0263. The van der Waals surface area contributed by atoms with Gasteiger partial charge in [0, 0.05) is 19.3 Å². The zero-order valence-electron chi connectivity index (χ0n) is 39.5. The molecule has 0 saturated carbocycles. The third-order valence-electron chi connectivity index (χ3n) is 11.5. The number of esters is 3. The minimum atomic E-state index is -0.775. The van der Waals surface area contributed by atoms with Gasteiger partial charge in [-0.25, -0.2) is 0 Å². The average molecular weight is 831 g/mol. The number of allylic oxidation sites excluding steroid dienone is 4. The fraction of sp³-hybridized carbons (Fsp3) is 0.868. The van der Waals surface area contributed by atoms with Crippen LogP contribution in [0, 0.1) is 0 Å². The Morgan fingerprint density at radius 1 is 0.339 bits per heavy atom. The molecule has 0 aromatic rings. The maximum atomic E-state index is 12.8. The van der Waals surface area contributed by atoms with E-state index in [-0.39, 0.29) is 31.1 Å². The van der Waals surface area contributed by atoms with Gasteiger partial charge in [-0.15, -0.1) is 0 Å². The van der Waals surface area contributed by atoms with Crippen molar-refractivity contribution in [3.05, 3.63) is 24.3 Å². The minimum absolute atomic E-state index is 0.0747. The van der Waals surface area contributed by atoms with Gasteiger partial charge in [0.25, 0.3) is 0 Å². The molecule has 0 N–H and O–H groups in total. The van der Waals surface area contributed by atoms with Gasteiger partial charge in [-0.3, -0.25) is 14.4 Å². The zero-order valence-corrected chi connectivity index (χ0v) is 39.5. The summed E-state index contributed by atoms with van der Waals surface area (Å²) in [6, 6.07) is 0. The van der Waals surface area contributed by atoms with E-state index in [1.54, 1.807) is 0 Å². The van der Waals surface area contributed by atoms with Crippen molar-refractivity contribution in [1.82, 2.24) is 0 Å². The highest BCUT2D eigenvalue weighted by molar-refractivity contribution is 5.71. The van der Waals surface area contributed by atoms with Gasteiger partial charge >= 0.3 is 17.9 Å². The largest absolute Gasteiger partial charge is 0.462 e. The molecule has 0 radical (unpaired) electrons. The molecule has 0 rings (SSSR count). The minimum Gasteiger partial charge on any atom is -0.462 e. The van der Waals surface area contributed by atoms with Crippen LogP contribution in [0.25, 0.3) is 0 Å². The summed E-state index contributed by atoms with van der Waals surface area (Å²) in [5.41, 5.74) is 0. The summed E-state index contributed by atoms with van der Waals surface area (Å²) in [5.74, 6) is -0.890. The number of rotatable bonds is 47. The van der Waals surface area contributed by atoms with E-state index in [0.717, 1.165) is 70.6 Å². The van der Waals surface area contributed by atoms with Crippen LogP contribution in [0.3, 0.4) is 0 Å². The highest BCUT2D eigenvalue weighted by Gasteiger charge is 2.19. The molecule has 0 bridgehead atoms. The first-order valence-corrected chi connectivity index (χ1v) is 25.9. The number of ether oxygens (including phenoxy) is 3. The fourth-order valence-corrected chi connectivity index (χ4v) is 7.54. The molecule has 1 atom stereocenters. The van der Waals surface area contributed by atoms with Crippen molar-refractivity contribution in [1.29, 1.82) is 0 Å². The lowest BCUT2D eigenvalue weighted by Gasteiger charge is -2.18. The molecule has 59 heavy (non-hydrogen) atoms. The molecule has 0 aliphatic carbocycles. The van der Waals surface area contributed by atoms with Crippen LogP contribution in [0.4, 0.5) is 0 Å². The molecular weight excluding hydrogens is 733 g/mol. The van der Waals surface area contributed by atoms with Crippen LogP contribution in [-0.2, 0) is 28.6 Å². The molecule has 1 unspecified atom stereocenters. The van der Waals surface area contributed by atoms with E-state index < -0.39 is 6.10 Å². The Balaban J connectivity index is 4.33. The maximum Gasteiger partial charge on any atom is 0.306 e. The summed E-state index contributed by atoms with van der Waals surface area (Å²) in [6.07, 6.45) is 54.5. The molecular formula is C53H98O6. The molecule has 346 valence electrons.